The number of aryl methyl sites for hydroxylation is 1. The van der Waals surface area contributed by atoms with Crippen LogP contribution in [-0.4, -0.2) is 35.4 Å². The molecule has 3 aromatic rings. The number of carbonyl (C=O) groups is 1. The third-order valence-corrected chi connectivity index (χ3v) is 6.14. The quantitative estimate of drug-likeness (QED) is 0.692. The fraction of sp³-hybridized carbons (Fsp3) is 0.333. The highest BCUT2D eigenvalue weighted by Gasteiger charge is 2.26. The van der Waals surface area contributed by atoms with E-state index in [0.29, 0.717) is 11.4 Å². The van der Waals surface area contributed by atoms with Crippen LogP contribution in [0, 0.1) is 6.92 Å². The van der Waals surface area contributed by atoms with Gasteiger partial charge in [-0.25, -0.2) is 4.98 Å². The predicted octanol–water partition coefficient (Wildman–Crippen LogP) is 4.28. The Morgan fingerprint density at radius 3 is 2.70 bits per heavy atom. The minimum absolute atomic E-state index is 0.0667. The third-order valence-electron chi connectivity index (χ3n) is 4.93. The van der Waals surface area contributed by atoms with Crippen molar-refractivity contribution in [3.05, 3.63) is 65.1 Å². The molecule has 1 amide bonds. The Balaban J connectivity index is 1.48. The molecular weight excluding hydrogens is 358 g/mol. The first-order chi connectivity index (χ1) is 13.2. The Morgan fingerprint density at radius 2 is 2.00 bits per heavy atom. The molecule has 2 aromatic heterocycles. The highest BCUT2D eigenvalue weighted by molar-refractivity contribution is 7.17. The number of thiazole rings is 1. The van der Waals surface area contributed by atoms with Gasteiger partial charge in [-0.1, -0.05) is 30.3 Å². The molecule has 3 heterocycles. The van der Waals surface area contributed by atoms with Gasteiger partial charge < -0.3 is 9.73 Å². The molecule has 1 atom stereocenters. The summed E-state index contributed by atoms with van der Waals surface area (Å²) in [6.07, 6.45) is 4.08. The average Bonchev–Trinajstić information content (AvgIpc) is 3.45. The summed E-state index contributed by atoms with van der Waals surface area (Å²) in [6, 6.07) is 13.9. The predicted molar refractivity (Wildman–Crippen MR) is 107 cm³/mol. The van der Waals surface area contributed by atoms with Crippen molar-refractivity contribution in [2.45, 2.75) is 25.8 Å². The van der Waals surface area contributed by atoms with E-state index in [2.05, 4.69) is 15.2 Å². The Hall–Kier alpha value is -2.44. The van der Waals surface area contributed by atoms with Crippen LogP contribution in [0.25, 0.3) is 10.6 Å². The van der Waals surface area contributed by atoms with Gasteiger partial charge >= 0.3 is 0 Å². The van der Waals surface area contributed by atoms with Crippen molar-refractivity contribution in [2.75, 3.05) is 19.6 Å². The normalized spacial score (nSPS) is 15.7. The standard InChI is InChI=1S/C21H23N3O2S/c1-15-19(27-21(23-15)16-8-3-2-4-9-16)20(25)22-14-17(18-10-7-13-26-18)24-11-5-6-12-24/h2-4,7-10,13,17H,5-6,11-12,14H2,1H3,(H,22,25)/t17-/m1/s1. The summed E-state index contributed by atoms with van der Waals surface area (Å²) in [4.78, 5) is 20.5. The van der Waals surface area contributed by atoms with E-state index in [1.165, 1.54) is 24.2 Å². The lowest BCUT2D eigenvalue weighted by Crippen LogP contribution is -2.36. The molecule has 1 saturated heterocycles. The van der Waals surface area contributed by atoms with Gasteiger partial charge in [0, 0.05) is 12.1 Å². The van der Waals surface area contributed by atoms with Crippen molar-refractivity contribution in [3.63, 3.8) is 0 Å². The third kappa shape index (κ3) is 3.96. The Bertz CT molecular complexity index is 884. The van der Waals surface area contributed by atoms with E-state index < -0.39 is 0 Å². The Kier molecular flexibility index (Phi) is 5.36. The van der Waals surface area contributed by atoms with Crippen LogP contribution in [0.1, 0.15) is 40.0 Å². The molecule has 140 valence electrons. The molecule has 1 aromatic carbocycles. The molecule has 5 nitrogen and oxygen atoms in total. The van der Waals surface area contributed by atoms with Gasteiger partial charge in [-0.3, -0.25) is 9.69 Å². The molecule has 1 aliphatic rings. The van der Waals surface area contributed by atoms with E-state index in [1.54, 1.807) is 6.26 Å². The van der Waals surface area contributed by atoms with Gasteiger partial charge in [0.15, 0.2) is 0 Å². The number of carbonyl (C=O) groups excluding carboxylic acids is 1. The van der Waals surface area contributed by atoms with Crippen LogP contribution in [-0.2, 0) is 0 Å². The molecule has 6 heteroatoms. The Morgan fingerprint density at radius 1 is 1.22 bits per heavy atom. The number of benzene rings is 1. The second-order valence-electron chi connectivity index (χ2n) is 6.78. The maximum atomic E-state index is 12.8. The van der Waals surface area contributed by atoms with Gasteiger partial charge in [0.1, 0.15) is 15.6 Å². The molecule has 0 unspecified atom stereocenters. The summed E-state index contributed by atoms with van der Waals surface area (Å²) in [6.45, 7) is 4.50. The first kappa shape index (κ1) is 17.9. The van der Waals surface area contributed by atoms with E-state index >= 15 is 0 Å². The van der Waals surface area contributed by atoms with Crippen LogP contribution in [0.4, 0.5) is 0 Å². The lowest BCUT2D eigenvalue weighted by Gasteiger charge is -2.25. The minimum Gasteiger partial charge on any atom is -0.468 e. The van der Waals surface area contributed by atoms with Gasteiger partial charge in [-0.05, 0) is 45.0 Å². The van der Waals surface area contributed by atoms with E-state index in [9.17, 15) is 4.79 Å². The number of aromatic nitrogens is 1. The summed E-state index contributed by atoms with van der Waals surface area (Å²) in [7, 11) is 0. The molecule has 1 N–H and O–H groups in total. The smallest absolute Gasteiger partial charge is 0.263 e. The SMILES string of the molecule is Cc1nc(-c2ccccc2)sc1C(=O)NC[C@H](c1ccco1)N1CCCC1. The van der Waals surface area contributed by atoms with Crippen LogP contribution in [0.5, 0.6) is 0 Å². The Labute approximate surface area is 163 Å². The fourth-order valence-electron chi connectivity index (χ4n) is 3.52. The molecule has 1 fully saturated rings. The van der Waals surface area contributed by atoms with Gasteiger partial charge in [0.25, 0.3) is 5.91 Å². The zero-order valence-electron chi connectivity index (χ0n) is 15.4. The van der Waals surface area contributed by atoms with E-state index in [-0.39, 0.29) is 11.9 Å². The highest BCUT2D eigenvalue weighted by Crippen LogP contribution is 2.28. The van der Waals surface area contributed by atoms with Gasteiger partial charge in [0.05, 0.1) is 18.0 Å². The lowest BCUT2D eigenvalue weighted by atomic mass is 10.2. The van der Waals surface area contributed by atoms with Crippen LogP contribution in [0.2, 0.25) is 0 Å². The number of hydrogen-bond donors (Lipinski definition) is 1. The molecule has 1 aliphatic heterocycles. The van der Waals surface area contributed by atoms with Crippen LogP contribution >= 0.6 is 11.3 Å². The second kappa shape index (κ2) is 8.06. The number of amides is 1. The maximum Gasteiger partial charge on any atom is 0.263 e. The van der Waals surface area contributed by atoms with E-state index in [4.69, 9.17) is 4.42 Å². The van der Waals surface area contributed by atoms with E-state index in [0.717, 1.165) is 35.1 Å². The number of likely N-dealkylation sites (tertiary alicyclic amines) is 1. The molecule has 0 radical (unpaired) electrons. The summed E-state index contributed by atoms with van der Waals surface area (Å²) >= 11 is 1.44. The molecule has 27 heavy (non-hydrogen) atoms. The van der Waals surface area contributed by atoms with Crippen molar-refractivity contribution in [1.82, 2.24) is 15.2 Å². The van der Waals surface area contributed by atoms with Crippen LogP contribution in [0.15, 0.2) is 53.1 Å². The summed E-state index contributed by atoms with van der Waals surface area (Å²) in [5.74, 6) is 0.839. The lowest BCUT2D eigenvalue weighted by molar-refractivity contribution is 0.0937. The fourth-order valence-corrected chi connectivity index (χ4v) is 4.51. The van der Waals surface area contributed by atoms with Crippen molar-refractivity contribution in [3.8, 4) is 10.6 Å². The van der Waals surface area contributed by atoms with Crippen molar-refractivity contribution >= 4 is 17.2 Å². The highest BCUT2D eigenvalue weighted by atomic mass is 32.1. The zero-order valence-corrected chi connectivity index (χ0v) is 16.2. The summed E-state index contributed by atoms with van der Waals surface area (Å²) in [5.41, 5.74) is 1.81. The van der Waals surface area contributed by atoms with E-state index in [1.807, 2.05) is 49.4 Å². The molecule has 0 aliphatic carbocycles. The number of furan rings is 1. The monoisotopic (exact) mass is 381 g/mol. The first-order valence-corrected chi connectivity index (χ1v) is 10.1. The number of nitrogens with zero attached hydrogens (tertiary/aromatic N) is 2. The molecule has 0 saturated carbocycles. The van der Waals surface area contributed by atoms with Crippen molar-refractivity contribution in [1.29, 1.82) is 0 Å². The average molecular weight is 382 g/mol. The van der Waals surface area contributed by atoms with Gasteiger partial charge in [-0.15, -0.1) is 11.3 Å². The van der Waals surface area contributed by atoms with Gasteiger partial charge in [0.2, 0.25) is 0 Å². The molecule has 4 rings (SSSR count). The van der Waals surface area contributed by atoms with Crippen LogP contribution < -0.4 is 5.32 Å². The molecule has 0 spiro atoms. The zero-order chi connectivity index (χ0) is 18.6. The van der Waals surface area contributed by atoms with Crippen LogP contribution in [0.3, 0.4) is 0 Å². The first-order valence-electron chi connectivity index (χ1n) is 9.31. The summed E-state index contributed by atoms with van der Waals surface area (Å²) < 4.78 is 5.63. The molecular formula is C21H23N3O2S. The second-order valence-corrected chi connectivity index (χ2v) is 7.78. The van der Waals surface area contributed by atoms with Crippen molar-refractivity contribution < 1.29 is 9.21 Å². The topological polar surface area (TPSA) is 58.4 Å². The number of hydrogen-bond acceptors (Lipinski definition) is 5. The largest absolute Gasteiger partial charge is 0.468 e. The minimum atomic E-state index is -0.0667. The number of nitrogens with one attached hydrogen (secondary N) is 1. The van der Waals surface area contributed by atoms with Crippen molar-refractivity contribution in [2.24, 2.45) is 0 Å². The summed E-state index contributed by atoms with van der Waals surface area (Å²) in [5, 5.41) is 3.98. The molecule has 0 bridgehead atoms. The van der Waals surface area contributed by atoms with Gasteiger partial charge in [-0.2, -0.15) is 0 Å². The number of rotatable bonds is 6. The maximum absolute atomic E-state index is 12.8.